The van der Waals surface area contributed by atoms with Crippen LogP contribution in [-0.2, 0) is 4.79 Å². The summed E-state index contributed by atoms with van der Waals surface area (Å²) >= 11 is 0. The van der Waals surface area contributed by atoms with Gasteiger partial charge < -0.3 is 16.2 Å². The van der Waals surface area contributed by atoms with Gasteiger partial charge in [-0.05, 0) is 37.0 Å². The van der Waals surface area contributed by atoms with Gasteiger partial charge in [0.15, 0.2) is 0 Å². The molecule has 2 aliphatic heterocycles. The molecular weight excluding hydrogens is 326 g/mol. The molecule has 0 aromatic carbocycles. The average Bonchev–Trinajstić information content (AvgIpc) is 2.78. The Balaban J connectivity index is 1.60. The first-order valence-electron chi connectivity index (χ1n) is 10.0. The number of aliphatic hydroxyl groups is 1. The monoisotopic (exact) mass is 361 g/mol. The lowest BCUT2D eigenvalue weighted by Gasteiger charge is -2.46. The second-order valence-electron chi connectivity index (χ2n) is 9.54. The van der Waals surface area contributed by atoms with Crippen LogP contribution < -0.4 is 11.1 Å². The van der Waals surface area contributed by atoms with Gasteiger partial charge in [0.1, 0.15) is 5.60 Å². The van der Waals surface area contributed by atoms with E-state index in [1.54, 1.807) is 12.2 Å². The van der Waals surface area contributed by atoms with Crippen molar-refractivity contribution >= 4 is 5.91 Å². The summed E-state index contributed by atoms with van der Waals surface area (Å²) < 4.78 is 0. The van der Waals surface area contributed by atoms with Gasteiger partial charge in [-0.25, -0.2) is 0 Å². The minimum absolute atomic E-state index is 0.0949. The van der Waals surface area contributed by atoms with E-state index in [-0.39, 0.29) is 5.92 Å². The molecule has 26 heavy (non-hydrogen) atoms. The van der Waals surface area contributed by atoms with Crippen LogP contribution in [0, 0.1) is 17.3 Å². The van der Waals surface area contributed by atoms with E-state index in [0.717, 1.165) is 32.5 Å². The first kappa shape index (κ1) is 19.6. The first-order valence-corrected chi connectivity index (χ1v) is 10.0. The third kappa shape index (κ3) is 4.05. The summed E-state index contributed by atoms with van der Waals surface area (Å²) in [4.78, 5) is 14.5. The zero-order valence-electron chi connectivity index (χ0n) is 16.4. The molecule has 3 rings (SSSR count). The lowest BCUT2D eigenvalue weighted by molar-refractivity contribution is -0.130. The molecule has 4 atom stereocenters. The highest BCUT2D eigenvalue weighted by Gasteiger charge is 2.51. The lowest BCUT2D eigenvalue weighted by atomic mass is 9.69. The molecule has 0 aromatic rings. The summed E-state index contributed by atoms with van der Waals surface area (Å²) in [6.07, 6.45) is 11.5. The van der Waals surface area contributed by atoms with E-state index in [9.17, 15) is 9.90 Å². The van der Waals surface area contributed by atoms with E-state index < -0.39 is 17.4 Å². The Morgan fingerprint density at radius 2 is 1.92 bits per heavy atom. The van der Waals surface area contributed by atoms with Crippen molar-refractivity contribution < 1.29 is 9.90 Å². The first-order chi connectivity index (χ1) is 12.2. The van der Waals surface area contributed by atoms with Crippen molar-refractivity contribution in [1.82, 2.24) is 10.2 Å². The van der Waals surface area contributed by atoms with Gasteiger partial charge in [-0.15, -0.1) is 0 Å². The molecule has 3 aliphatic rings. The van der Waals surface area contributed by atoms with Gasteiger partial charge in [0.25, 0.3) is 0 Å². The zero-order chi connectivity index (χ0) is 18.9. The number of primary amides is 1. The Hall–Kier alpha value is -1.17. The van der Waals surface area contributed by atoms with E-state index >= 15 is 0 Å². The number of hydrogen-bond acceptors (Lipinski definition) is 4. The van der Waals surface area contributed by atoms with Crippen LogP contribution in [0.1, 0.15) is 46.5 Å². The van der Waals surface area contributed by atoms with Crippen LogP contribution in [0.3, 0.4) is 0 Å². The topological polar surface area (TPSA) is 78.6 Å². The maximum absolute atomic E-state index is 11.9. The molecule has 2 bridgehead atoms. The second kappa shape index (κ2) is 7.45. The Morgan fingerprint density at radius 3 is 2.50 bits per heavy atom. The molecule has 0 aromatic heterocycles. The van der Waals surface area contributed by atoms with Crippen LogP contribution in [0.15, 0.2) is 24.3 Å². The minimum atomic E-state index is -1.13. The molecule has 5 heteroatoms. The van der Waals surface area contributed by atoms with Crippen molar-refractivity contribution in [3.05, 3.63) is 24.3 Å². The number of allylic oxidation sites excluding steroid dienone is 2. The quantitative estimate of drug-likeness (QED) is 0.631. The van der Waals surface area contributed by atoms with Gasteiger partial charge in [0.2, 0.25) is 5.91 Å². The number of piperidine rings is 1. The average molecular weight is 362 g/mol. The van der Waals surface area contributed by atoms with Crippen LogP contribution in [-0.4, -0.2) is 53.2 Å². The molecule has 2 heterocycles. The van der Waals surface area contributed by atoms with Crippen molar-refractivity contribution in [3.8, 4) is 0 Å². The van der Waals surface area contributed by atoms with Gasteiger partial charge >= 0.3 is 0 Å². The molecule has 2 saturated heterocycles. The molecule has 0 spiro atoms. The molecule has 1 aliphatic carbocycles. The number of fused-ring (bicyclic) bond motifs is 2. The number of hydrogen-bond donors (Lipinski definition) is 3. The predicted molar refractivity (Wildman–Crippen MR) is 104 cm³/mol. The molecule has 4 N–H and O–H groups in total. The minimum Gasteiger partial charge on any atom is -0.384 e. The van der Waals surface area contributed by atoms with Crippen molar-refractivity contribution in [2.24, 2.45) is 23.0 Å². The number of nitrogens with two attached hydrogens (primary N) is 1. The van der Waals surface area contributed by atoms with Crippen molar-refractivity contribution in [2.75, 3.05) is 19.6 Å². The van der Waals surface area contributed by atoms with Gasteiger partial charge in [-0.2, -0.15) is 0 Å². The van der Waals surface area contributed by atoms with Crippen LogP contribution in [0.25, 0.3) is 0 Å². The van der Waals surface area contributed by atoms with E-state index in [1.807, 2.05) is 12.2 Å². The van der Waals surface area contributed by atoms with Crippen LogP contribution in [0.4, 0.5) is 0 Å². The van der Waals surface area contributed by atoms with E-state index in [4.69, 9.17) is 5.73 Å². The molecule has 0 saturated carbocycles. The smallest absolute Gasteiger partial charge is 0.227 e. The summed E-state index contributed by atoms with van der Waals surface area (Å²) in [6.45, 7) is 9.83. The van der Waals surface area contributed by atoms with Gasteiger partial charge in [-0.1, -0.05) is 45.1 Å². The normalized spacial score (nSPS) is 37.2. The molecule has 4 unspecified atom stereocenters. The Morgan fingerprint density at radius 1 is 1.27 bits per heavy atom. The standard InChI is InChI=1S/C21H35N3O2/c1-20(2,3)14-23-10-11-24-16-7-8-17(24)13-15(12-16)21(26)9-5-4-6-18(21)19(22)25/h4-6,9,15-18,23,26H,7-8,10-14H2,1-3H3,(H2,22,25). The lowest BCUT2D eigenvalue weighted by Crippen LogP contribution is -2.55. The zero-order valence-corrected chi connectivity index (χ0v) is 16.4. The van der Waals surface area contributed by atoms with Crippen LogP contribution in [0.2, 0.25) is 0 Å². The maximum atomic E-state index is 11.9. The number of carbonyl (C=O) groups excluding carboxylic acids is 1. The summed E-state index contributed by atoms with van der Waals surface area (Å²) in [6, 6.07) is 1.01. The highest BCUT2D eigenvalue weighted by atomic mass is 16.3. The molecular formula is C21H35N3O2. The van der Waals surface area contributed by atoms with E-state index in [2.05, 4.69) is 31.0 Å². The largest absolute Gasteiger partial charge is 0.384 e. The molecule has 5 nitrogen and oxygen atoms in total. The highest BCUT2D eigenvalue weighted by Crippen LogP contribution is 2.46. The third-order valence-electron chi connectivity index (χ3n) is 6.32. The van der Waals surface area contributed by atoms with Gasteiger partial charge in [0.05, 0.1) is 5.92 Å². The van der Waals surface area contributed by atoms with E-state index in [0.29, 0.717) is 17.5 Å². The van der Waals surface area contributed by atoms with Crippen molar-refractivity contribution in [1.29, 1.82) is 0 Å². The summed E-state index contributed by atoms with van der Waals surface area (Å²) in [5.41, 5.74) is 4.75. The number of nitrogens with one attached hydrogen (secondary N) is 1. The van der Waals surface area contributed by atoms with Crippen LogP contribution in [0.5, 0.6) is 0 Å². The summed E-state index contributed by atoms with van der Waals surface area (Å²) in [7, 11) is 0. The fourth-order valence-electron chi connectivity index (χ4n) is 5.04. The number of carbonyl (C=O) groups is 1. The maximum Gasteiger partial charge on any atom is 0.227 e. The number of amides is 1. The van der Waals surface area contributed by atoms with Crippen LogP contribution >= 0.6 is 0 Å². The third-order valence-corrected chi connectivity index (χ3v) is 6.32. The number of rotatable bonds is 6. The van der Waals surface area contributed by atoms with Gasteiger partial charge in [-0.3, -0.25) is 9.69 Å². The highest BCUT2D eigenvalue weighted by molar-refractivity contribution is 5.81. The summed E-state index contributed by atoms with van der Waals surface area (Å²) in [5.74, 6) is -0.955. The SMILES string of the molecule is CC(C)(C)CNCCN1C2CCC1CC(C1(O)C=CC=CC1C(N)=O)C2. The summed E-state index contributed by atoms with van der Waals surface area (Å²) in [5, 5.41) is 14.9. The molecule has 146 valence electrons. The fourth-order valence-corrected chi connectivity index (χ4v) is 5.04. The molecule has 0 radical (unpaired) electrons. The molecule has 1 amide bonds. The van der Waals surface area contributed by atoms with E-state index in [1.165, 1.54) is 12.8 Å². The predicted octanol–water partition coefficient (Wildman–Crippen LogP) is 1.82. The fraction of sp³-hybridized carbons (Fsp3) is 0.762. The van der Waals surface area contributed by atoms with Crippen molar-refractivity contribution in [2.45, 2.75) is 64.1 Å². The Bertz CT molecular complexity index is 566. The Kier molecular flexibility index (Phi) is 5.61. The van der Waals surface area contributed by atoms with Crippen molar-refractivity contribution in [3.63, 3.8) is 0 Å². The van der Waals surface area contributed by atoms with Gasteiger partial charge in [0, 0.05) is 31.7 Å². The molecule has 2 fully saturated rings. The second-order valence-corrected chi connectivity index (χ2v) is 9.54. The number of nitrogens with zero attached hydrogens (tertiary/aromatic N) is 1. The Labute approximate surface area is 157 Å².